The third kappa shape index (κ3) is 3.61. The number of sulfonamides is 1. The Bertz CT molecular complexity index is 1220. The number of piperidine rings is 1. The number of amides is 3. The summed E-state index contributed by atoms with van der Waals surface area (Å²) in [4.78, 5) is 37.4. The van der Waals surface area contributed by atoms with Crippen LogP contribution in [0.4, 0.5) is 5.69 Å². The van der Waals surface area contributed by atoms with Crippen molar-refractivity contribution in [2.75, 3.05) is 11.4 Å². The van der Waals surface area contributed by atoms with Crippen LogP contribution in [0.3, 0.4) is 0 Å². The average molecular weight is 454 g/mol. The second-order valence-electron chi connectivity index (χ2n) is 8.45. The molecule has 8 nitrogen and oxygen atoms in total. The summed E-state index contributed by atoms with van der Waals surface area (Å²) in [6, 6.07) is 12.1. The van der Waals surface area contributed by atoms with Gasteiger partial charge in [-0.1, -0.05) is 18.2 Å². The first-order valence-electron chi connectivity index (χ1n) is 10.7. The monoisotopic (exact) mass is 453 g/mol. The highest BCUT2D eigenvalue weighted by atomic mass is 32.2. The molecule has 0 spiro atoms. The van der Waals surface area contributed by atoms with Gasteiger partial charge >= 0.3 is 0 Å². The largest absolute Gasteiger partial charge is 0.312 e. The molecule has 1 unspecified atom stereocenters. The number of anilines is 1. The normalized spacial score (nSPS) is 21.7. The van der Waals surface area contributed by atoms with E-state index in [2.05, 4.69) is 5.32 Å². The summed E-state index contributed by atoms with van der Waals surface area (Å²) in [5.74, 6) is -0.906. The van der Waals surface area contributed by atoms with Crippen molar-refractivity contribution in [1.82, 2.24) is 9.62 Å². The fraction of sp³-hybridized carbons (Fsp3) is 0.348. The molecule has 5 rings (SSSR count). The Hall–Kier alpha value is -3.04. The van der Waals surface area contributed by atoms with Crippen LogP contribution in [0, 0.1) is 0 Å². The van der Waals surface area contributed by atoms with Crippen LogP contribution in [0.5, 0.6) is 0 Å². The molecule has 1 N–H and O–H groups in total. The second-order valence-corrected chi connectivity index (χ2v) is 10.4. The lowest BCUT2D eigenvalue weighted by Crippen LogP contribution is -2.39. The second kappa shape index (κ2) is 7.83. The van der Waals surface area contributed by atoms with Crippen LogP contribution in [0.15, 0.2) is 47.4 Å². The zero-order chi connectivity index (χ0) is 22.5. The summed E-state index contributed by atoms with van der Waals surface area (Å²) < 4.78 is 27.9. The quantitative estimate of drug-likeness (QED) is 0.714. The summed E-state index contributed by atoms with van der Waals surface area (Å²) in [5.41, 5.74) is 3.29. The summed E-state index contributed by atoms with van der Waals surface area (Å²) in [6.07, 6.45) is 2.09. The Morgan fingerprint density at radius 2 is 1.66 bits per heavy atom. The molecule has 3 aliphatic heterocycles. The highest BCUT2D eigenvalue weighted by molar-refractivity contribution is 7.89. The van der Waals surface area contributed by atoms with Gasteiger partial charge < -0.3 is 4.90 Å². The molecule has 2 fully saturated rings. The van der Waals surface area contributed by atoms with Crippen LogP contribution in [-0.2, 0) is 37.5 Å². The molecule has 0 aromatic heterocycles. The summed E-state index contributed by atoms with van der Waals surface area (Å²) in [5, 5.41) is 2.37. The van der Waals surface area contributed by atoms with Gasteiger partial charge in [0, 0.05) is 38.2 Å². The highest BCUT2D eigenvalue weighted by Gasteiger charge is 2.33. The Kier molecular flexibility index (Phi) is 5.10. The summed E-state index contributed by atoms with van der Waals surface area (Å²) in [6.45, 7) is 1.15. The minimum Gasteiger partial charge on any atom is -0.312 e. The maximum Gasteiger partial charge on any atom is 0.243 e. The van der Waals surface area contributed by atoms with E-state index in [9.17, 15) is 22.8 Å². The molecule has 2 aromatic rings. The Morgan fingerprint density at radius 1 is 0.906 bits per heavy atom. The van der Waals surface area contributed by atoms with Crippen molar-refractivity contribution in [2.45, 2.75) is 49.6 Å². The number of hydrogen-bond donors (Lipinski definition) is 1. The van der Waals surface area contributed by atoms with E-state index >= 15 is 0 Å². The average Bonchev–Trinajstić information content (AvgIpc) is 3.40. The standard InChI is InChI=1S/C23H23N3O5S/c27-21-10-9-20(23(29)24-21)15-3-4-16-13-25(14-17(16)12-15)32(30,31)19-7-5-18(6-8-19)26-11-1-2-22(26)28/h3-8,12,20H,1-2,9-11,13-14H2,(H,24,27,29). The van der Waals surface area contributed by atoms with Crippen molar-refractivity contribution < 1.29 is 22.8 Å². The minimum atomic E-state index is -3.71. The van der Waals surface area contributed by atoms with Gasteiger partial charge in [-0.3, -0.25) is 19.7 Å². The van der Waals surface area contributed by atoms with Gasteiger partial charge in [-0.2, -0.15) is 4.31 Å². The summed E-state index contributed by atoms with van der Waals surface area (Å²) in [7, 11) is -3.71. The van der Waals surface area contributed by atoms with Gasteiger partial charge in [0.05, 0.1) is 10.8 Å². The molecular weight excluding hydrogens is 430 g/mol. The Balaban J connectivity index is 1.34. The predicted octanol–water partition coefficient (Wildman–Crippen LogP) is 2.04. The van der Waals surface area contributed by atoms with Crippen molar-refractivity contribution in [3.05, 3.63) is 59.2 Å². The maximum absolute atomic E-state index is 13.2. The molecule has 1 atom stereocenters. The maximum atomic E-state index is 13.2. The number of benzene rings is 2. The number of hydrogen-bond acceptors (Lipinski definition) is 5. The van der Waals surface area contributed by atoms with Crippen molar-refractivity contribution in [1.29, 1.82) is 0 Å². The number of imide groups is 1. The first-order valence-corrected chi connectivity index (χ1v) is 12.1. The van der Waals surface area contributed by atoms with E-state index in [1.54, 1.807) is 29.2 Å². The zero-order valence-corrected chi connectivity index (χ0v) is 18.2. The first-order chi connectivity index (χ1) is 15.3. The summed E-state index contributed by atoms with van der Waals surface area (Å²) >= 11 is 0. The molecule has 0 saturated carbocycles. The van der Waals surface area contributed by atoms with Gasteiger partial charge in [0.1, 0.15) is 0 Å². The van der Waals surface area contributed by atoms with E-state index in [1.807, 2.05) is 18.2 Å². The fourth-order valence-corrected chi connectivity index (χ4v) is 6.05. The highest BCUT2D eigenvalue weighted by Crippen LogP contribution is 2.33. The van der Waals surface area contributed by atoms with Crippen molar-refractivity contribution >= 4 is 33.4 Å². The van der Waals surface area contributed by atoms with E-state index < -0.39 is 15.9 Å². The van der Waals surface area contributed by atoms with E-state index in [4.69, 9.17) is 0 Å². The molecule has 2 aromatic carbocycles. The van der Waals surface area contributed by atoms with Crippen molar-refractivity contribution in [2.24, 2.45) is 0 Å². The number of carbonyl (C=O) groups excluding carboxylic acids is 3. The topological polar surface area (TPSA) is 104 Å². The molecule has 166 valence electrons. The third-order valence-electron chi connectivity index (χ3n) is 6.42. The van der Waals surface area contributed by atoms with Gasteiger partial charge in [-0.15, -0.1) is 0 Å². The van der Waals surface area contributed by atoms with E-state index in [0.29, 0.717) is 31.5 Å². The van der Waals surface area contributed by atoms with Crippen LogP contribution in [0.2, 0.25) is 0 Å². The van der Waals surface area contributed by atoms with E-state index in [0.717, 1.165) is 23.1 Å². The minimum absolute atomic E-state index is 0.0578. The number of rotatable bonds is 4. The number of carbonyl (C=O) groups is 3. The first kappa shape index (κ1) is 20.8. The van der Waals surface area contributed by atoms with Crippen LogP contribution in [0.25, 0.3) is 0 Å². The third-order valence-corrected chi connectivity index (χ3v) is 8.23. The molecule has 0 aliphatic carbocycles. The van der Waals surface area contributed by atoms with Crippen molar-refractivity contribution in [3.8, 4) is 0 Å². The molecule has 3 aliphatic rings. The van der Waals surface area contributed by atoms with Crippen LogP contribution < -0.4 is 10.2 Å². The molecule has 0 radical (unpaired) electrons. The lowest BCUT2D eigenvalue weighted by molar-refractivity contribution is -0.134. The SMILES string of the molecule is O=C1CCC(c2ccc3c(c2)CN(S(=O)(=O)c2ccc(N4CCCC4=O)cc2)C3)C(=O)N1. The van der Waals surface area contributed by atoms with Crippen LogP contribution in [-0.4, -0.2) is 37.0 Å². The molecule has 0 bridgehead atoms. The van der Waals surface area contributed by atoms with E-state index in [-0.39, 0.29) is 35.7 Å². The van der Waals surface area contributed by atoms with Crippen molar-refractivity contribution in [3.63, 3.8) is 0 Å². The van der Waals surface area contributed by atoms with Gasteiger partial charge in [0.2, 0.25) is 27.7 Å². The number of nitrogens with one attached hydrogen (secondary N) is 1. The van der Waals surface area contributed by atoms with Crippen LogP contribution >= 0.6 is 0 Å². The van der Waals surface area contributed by atoms with Gasteiger partial charge in [-0.25, -0.2) is 8.42 Å². The number of nitrogens with zero attached hydrogens (tertiary/aromatic N) is 2. The molecule has 9 heteroatoms. The molecule has 32 heavy (non-hydrogen) atoms. The van der Waals surface area contributed by atoms with Crippen LogP contribution in [0.1, 0.15) is 48.3 Å². The smallest absolute Gasteiger partial charge is 0.243 e. The molecule has 2 saturated heterocycles. The molecule has 3 amide bonds. The van der Waals surface area contributed by atoms with Gasteiger partial charge in [-0.05, 0) is 53.8 Å². The molecular formula is C23H23N3O5S. The van der Waals surface area contributed by atoms with E-state index in [1.165, 1.54) is 4.31 Å². The lowest BCUT2D eigenvalue weighted by Gasteiger charge is -2.21. The van der Waals surface area contributed by atoms with Gasteiger partial charge in [0.15, 0.2) is 0 Å². The fourth-order valence-electron chi connectivity index (χ4n) is 4.65. The predicted molar refractivity (Wildman–Crippen MR) is 116 cm³/mol. The Morgan fingerprint density at radius 3 is 2.34 bits per heavy atom. The lowest BCUT2D eigenvalue weighted by atomic mass is 9.89. The molecule has 3 heterocycles. The number of fused-ring (bicyclic) bond motifs is 1. The zero-order valence-electron chi connectivity index (χ0n) is 17.4. The Labute approximate surface area is 186 Å². The van der Waals surface area contributed by atoms with Gasteiger partial charge in [0.25, 0.3) is 0 Å².